The maximum Gasteiger partial charge on any atom is 0.323 e. The van der Waals surface area contributed by atoms with Gasteiger partial charge in [-0.15, -0.1) is 0 Å². The fourth-order valence-corrected chi connectivity index (χ4v) is 3.71. The van der Waals surface area contributed by atoms with Crippen molar-refractivity contribution in [3.63, 3.8) is 0 Å². The molecule has 0 aliphatic carbocycles. The zero-order chi connectivity index (χ0) is 17.5. The molecule has 0 amide bonds. The molecule has 0 N–H and O–H groups in total. The zero-order valence-corrected chi connectivity index (χ0v) is 14.9. The molecule has 1 fully saturated rings. The Hall–Kier alpha value is -2.13. The van der Waals surface area contributed by atoms with Gasteiger partial charge in [0, 0.05) is 6.54 Å². The summed E-state index contributed by atoms with van der Waals surface area (Å²) < 4.78 is 5.37. The molecule has 1 aliphatic heterocycles. The zero-order valence-electron chi connectivity index (χ0n) is 14.9. The number of piperidine rings is 1. The average molecular weight is 337 g/mol. The van der Waals surface area contributed by atoms with Crippen LogP contribution in [0.4, 0.5) is 0 Å². The first-order valence-electron chi connectivity index (χ1n) is 9.24. The summed E-state index contributed by atoms with van der Waals surface area (Å²) in [5.41, 5.74) is 2.60. The Morgan fingerprint density at radius 2 is 1.68 bits per heavy atom. The van der Waals surface area contributed by atoms with Crippen molar-refractivity contribution >= 4 is 5.97 Å². The van der Waals surface area contributed by atoms with E-state index < -0.39 is 0 Å². The average Bonchev–Trinajstić information content (AvgIpc) is 2.65. The number of hydrogen-bond acceptors (Lipinski definition) is 3. The van der Waals surface area contributed by atoms with Crippen molar-refractivity contribution in [2.45, 2.75) is 38.8 Å². The lowest BCUT2D eigenvalue weighted by atomic mass is 9.85. The van der Waals surface area contributed by atoms with Gasteiger partial charge >= 0.3 is 5.97 Å². The van der Waals surface area contributed by atoms with Crippen LogP contribution in [0.25, 0.3) is 0 Å². The van der Waals surface area contributed by atoms with Crippen molar-refractivity contribution in [3.05, 3.63) is 71.8 Å². The highest BCUT2D eigenvalue weighted by molar-refractivity contribution is 5.76. The third-order valence-electron chi connectivity index (χ3n) is 4.98. The predicted molar refractivity (Wildman–Crippen MR) is 100 cm³/mol. The molecule has 2 atom stereocenters. The van der Waals surface area contributed by atoms with Gasteiger partial charge < -0.3 is 4.74 Å². The lowest BCUT2D eigenvalue weighted by molar-refractivity contribution is -0.152. The van der Waals surface area contributed by atoms with Crippen LogP contribution in [0, 0.1) is 5.92 Å². The maximum atomic E-state index is 12.5. The molecule has 3 nitrogen and oxygen atoms in total. The quantitative estimate of drug-likeness (QED) is 0.744. The van der Waals surface area contributed by atoms with E-state index in [-0.39, 0.29) is 12.0 Å². The second kappa shape index (κ2) is 8.82. The van der Waals surface area contributed by atoms with E-state index in [1.54, 1.807) is 0 Å². The topological polar surface area (TPSA) is 29.5 Å². The van der Waals surface area contributed by atoms with Gasteiger partial charge in [-0.1, -0.05) is 60.7 Å². The fourth-order valence-electron chi connectivity index (χ4n) is 3.71. The van der Waals surface area contributed by atoms with Crippen LogP contribution in [0.1, 0.15) is 30.9 Å². The molecule has 0 radical (unpaired) electrons. The van der Waals surface area contributed by atoms with Gasteiger partial charge in [0.2, 0.25) is 0 Å². The number of nitrogens with zero attached hydrogens (tertiary/aromatic N) is 1. The number of likely N-dealkylation sites (tertiary alicyclic amines) is 1. The molecular formula is C22H27NO2. The fraction of sp³-hybridized carbons (Fsp3) is 0.409. The van der Waals surface area contributed by atoms with Gasteiger partial charge in [-0.2, -0.15) is 0 Å². The van der Waals surface area contributed by atoms with Gasteiger partial charge in [-0.25, -0.2) is 0 Å². The molecule has 3 rings (SSSR count). The molecule has 1 aliphatic rings. The molecule has 3 heteroatoms. The minimum Gasteiger partial charge on any atom is -0.465 e. The SMILES string of the molecule is CCOC(=O)C1CC(Cc2ccccc2)CCN1Cc1ccccc1. The molecule has 0 bridgehead atoms. The van der Waals surface area contributed by atoms with Crippen LogP contribution in [-0.2, 0) is 22.5 Å². The Bertz CT molecular complexity index is 656. The van der Waals surface area contributed by atoms with E-state index in [0.717, 1.165) is 32.4 Å². The van der Waals surface area contributed by atoms with Gasteiger partial charge in [0.05, 0.1) is 6.61 Å². The van der Waals surface area contributed by atoms with Crippen molar-refractivity contribution in [1.29, 1.82) is 0 Å². The number of rotatable bonds is 6. The number of benzene rings is 2. The predicted octanol–water partition coefficient (Wildman–Crippen LogP) is 4.07. The molecule has 2 aromatic carbocycles. The second-order valence-corrected chi connectivity index (χ2v) is 6.80. The van der Waals surface area contributed by atoms with Gasteiger partial charge in [0.25, 0.3) is 0 Å². The standard InChI is InChI=1S/C22H27NO2/c1-2-25-22(24)21-16-20(15-18-9-5-3-6-10-18)13-14-23(21)17-19-11-7-4-8-12-19/h3-12,20-21H,2,13-17H2,1H3. The van der Waals surface area contributed by atoms with Crippen LogP contribution in [0.15, 0.2) is 60.7 Å². The monoisotopic (exact) mass is 337 g/mol. The van der Waals surface area contributed by atoms with E-state index in [0.29, 0.717) is 12.5 Å². The van der Waals surface area contributed by atoms with Crippen LogP contribution >= 0.6 is 0 Å². The van der Waals surface area contributed by atoms with Crippen LogP contribution in [0.2, 0.25) is 0 Å². The first-order valence-corrected chi connectivity index (χ1v) is 9.24. The summed E-state index contributed by atoms with van der Waals surface area (Å²) in [5, 5.41) is 0. The summed E-state index contributed by atoms with van der Waals surface area (Å²) in [5.74, 6) is 0.458. The van der Waals surface area contributed by atoms with Crippen molar-refractivity contribution in [1.82, 2.24) is 4.90 Å². The van der Waals surface area contributed by atoms with Crippen molar-refractivity contribution in [2.24, 2.45) is 5.92 Å². The van der Waals surface area contributed by atoms with E-state index in [9.17, 15) is 4.79 Å². The summed E-state index contributed by atoms with van der Waals surface area (Å²) in [4.78, 5) is 14.8. The van der Waals surface area contributed by atoms with E-state index in [1.807, 2.05) is 19.1 Å². The molecule has 25 heavy (non-hydrogen) atoms. The van der Waals surface area contributed by atoms with Crippen molar-refractivity contribution in [2.75, 3.05) is 13.2 Å². The Kier molecular flexibility index (Phi) is 6.24. The van der Waals surface area contributed by atoms with Gasteiger partial charge in [-0.05, 0) is 49.8 Å². The maximum absolute atomic E-state index is 12.5. The van der Waals surface area contributed by atoms with Crippen LogP contribution in [-0.4, -0.2) is 30.1 Å². The number of hydrogen-bond donors (Lipinski definition) is 0. The largest absolute Gasteiger partial charge is 0.465 e. The molecule has 0 saturated carbocycles. The van der Waals surface area contributed by atoms with Crippen LogP contribution in [0.3, 0.4) is 0 Å². The lowest BCUT2D eigenvalue weighted by Gasteiger charge is -2.38. The molecule has 0 spiro atoms. The highest BCUT2D eigenvalue weighted by Crippen LogP contribution is 2.28. The number of carbonyl (C=O) groups excluding carboxylic acids is 1. The molecule has 2 aromatic rings. The summed E-state index contributed by atoms with van der Waals surface area (Å²) >= 11 is 0. The Morgan fingerprint density at radius 1 is 1.04 bits per heavy atom. The molecule has 2 unspecified atom stereocenters. The molecule has 1 heterocycles. The van der Waals surface area contributed by atoms with E-state index in [2.05, 4.69) is 53.4 Å². The Morgan fingerprint density at radius 3 is 2.32 bits per heavy atom. The highest BCUT2D eigenvalue weighted by Gasteiger charge is 2.34. The van der Waals surface area contributed by atoms with Gasteiger partial charge in [-0.3, -0.25) is 9.69 Å². The molecule has 0 aromatic heterocycles. The number of carbonyl (C=O) groups is 1. The van der Waals surface area contributed by atoms with Crippen LogP contribution < -0.4 is 0 Å². The third-order valence-corrected chi connectivity index (χ3v) is 4.98. The summed E-state index contributed by atoms with van der Waals surface area (Å²) in [6.07, 6.45) is 3.04. The summed E-state index contributed by atoms with van der Waals surface area (Å²) in [7, 11) is 0. The first kappa shape index (κ1) is 17.7. The Labute approximate surface area is 150 Å². The normalized spacial score (nSPS) is 21.0. The van der Waals surface area contributed by atoms with Gasteiger partial charge in [0.1, 0.15) is 6.04 Å². The van der Waals surface area contributed by atoms with E-state index in [4.69, 9.17) is 4.74 Å². The Balaban J connectivity index is 1.68. The van der Waals surface area contributed by atoms with Gasteiger partial charge in [0.15, 0.2) is 0 Å². The third kappa shape index (κ3) is 4.93. The van der Waals surface area contributed by atoms with E-state index >= 15 is 0 Å². The minimum atomic E-state index is -0.136. The first-order chi connectivity index (χ1) is 12.3. The second-order valence-electron chi connectivity index (χ2n) is 6.80. The number of ether oxygens (including phenoxy) is 1. The number of esters is 1. The highest BCUT2D eigenvalue weighted by atomic mass is 16.5. The molecule has 132 valence electrons. The molecule has 1 saturated heterocycles. The van der Waals surface area contributed by atoms with E-state index in [1.165, 1.54) is 11.1 Å². The summed E-state index contributed by atoms with van der Waals surface area (Å²) in [6, 6.07) is 20.8. The lowest BCUT2D eigenvalue weighted by Crippen LogP contribution is -2.47. The van der Waals surface area contributed by atoms with Crippen LogP contribution in [0.5, 0.6) is 0 Å². The smallest absolute Gasteiger partial charge is 0.323 e. The van der Waals surface area contributed by atoms with Crippen molar-refractivity contribution < 1.29 is 9.53 Å². The van der Waals surface area contributed by atoms with Crippen molar-refractivity contribution in [3.8, 4) is 0 Å². The summed E-state index contributed by atoms with van der Waals surface area (Å²) in [6.45, 7) is 4.07. The minimum absolute atomic E-state index is 0.0730. The molecular weight excluding hydrogens is 310 g/mol.